The summed E-state index contributed by atoms with van der Waals surface area (Å²) in [6, 6.07) is 8.15. The van der Waals surface area contributed by atoms with Gasteiger partial charge in [-0.2, -0.15) is 0 Å². The molecule has 0 aliphatic carbocycles. The van der Waals surface area contributed by atoms with Crippen LogP contribution in [0.5, 0.6) is 5.75 Å². The van der Waals surface area contributed by atoms with Gasteiger partial charge in [-0.3, -0.25) is 0 Å². The maximum Gasteiger partial charge on any atom is 0.191 e. The first-order valence-electron chi connectivity index (χ1n) is 8.53. The van der Waals surface area contributed by atoms with Crippen LogP contribution in [0.4, 0.5) is 0 Å². The largest absolute Gasteiger partial charge is 0.494 e. The van der Waals surface area contributed by atoms with E-state index in [-0.39, 0.29) is 0 Å². The van der Waals surface area contributed by atoms with Crippen LogP contribution in [-0.2, 0) is 11.3 Å². The van der Waals surface area contributed by atoms with Crippen molar-refractivity contribution in [2.45, 2.75) is 39.7 Å². The van der Waals surface area contributed by atoms with Crippen LogP contribution in [0.3, 0.4) is 0 Å². The van der Waals surface area contributed by atoms with Crippen LogP contribution in [0, 0.1) is 0 Å². The average Bonchev–Trinajstić information content (AvgIpc) is 2.57. The highest BCUT2D eigenvalue weighted by Gasteiger charge is 1.99. The van der Waals surface area contributed by atoms with E-state index in [9.17, 15) is 0 Å². The number of hydrogen-bond acceptors (Lipinski definition) is 3. The first kappa shape index (κ1) is 19.3. The second-order valence-electron chi connectivity index (χ2n) is 5.32. The maximum absolute atomic E-state index is 5.74. The molecule has 0 saturated carbocycles. The molecular weight excluding hydrogens is 290 g/mol. The van der Waals surface area contributed by atoms with Gasteiger partial charge in [-0.05, 0) is 37.5 Å². The lowest BCUT2D eigenvalue weighted by Crippen LogP contribution is -2.38. The SMILES string of the molecule is CCCCOc1cccc(CN=C(NCC)NCCCOC)c1. The molecule has 1 aromatic rings. The second-order valence-corrected chi connectivity index (χ2v) is 5.32. The average molecular weight is 321 g/mol. The van der Waals surface area contributed by atoms with Crippen molar-refractivity contribution in [2.24, 2.45) is 4.99 Å². The molecular formula is C18H31N3O2. The molecule has 0 aliphatic heterocycles. The van der Waals surface area contributed by atoms with E-state index in [1.165, 1.54) is 0 Å². The summed E-state index contributed by atoms with van der Waals surface area (Å²) >= 11 is 0. The molecule has 130 valence electrons. The number of nitrogens with zero attached hydrogens (tertiary/aromatic N) is 1. The van der Waals surface area contributed by atoms with Crippen LogP contribution < -0.4 is 15.4 Å². The predicted octanol–water partition coefficient (Wildman–Crippen LogP) is 2.96. The summed E-state index contributed by atoms with van der Waals surface area (Å²) in [5.74, 6) is 1.75. The van der Waals surface area contributed by atoms with Gasteiger partial charge >= 0.3 is 0 Å². The van der Waals surface area contributed by atoms with E-state index in [2.05, 4.69) is 41.6 Å². The number of unbranched alkanes of at least 4 members (excludes halogenated alkanes) is 1. The molecule has 1 aromatic carbocycles. The van der Waals surface area contributed by atoms with Crippen molar-refractivity contribution < 1.29 is 9.47 Å². The standard InChI is InChI=1S/C18H31N3O2/c1-4-6-13-23-17-10-7-9-16(14-17)15-21-18(19-5-2)20-11-8-12-22-3/h7,9-10,14H,4-6,8,11-13,15H2,1-3H3,(H2,19,20,21). The van der Waals surface area contributed by atoms with Crippen LogP contribution in [0.2, 0.25) is 0 Å². The van der Waals surface area contributed by atoms with Crippen molar-refractivity contribution in [2.75, 3.05) is 33.4 Å². The Kier molecular flexibility index (Phi) is 10.7. The fourth-order valence-electron chi connectivity index (χ4n) is 2.00. The van der Waals surface area contributed by atoms with Gasteiger partial charge in [0.25, 0.3) is 0 Å². The number of benzene rings is 1. The van der Waals surface area contributed by atoms with Gasteiger partial charge in [-0.15, -0.1) is 0 Å². The predicted molar refractivity (Wildman–Crippen MR) is 96.2 cm³/mol. The second kappa shape index (κ2) is 12.8. The summed E-state index contributed by atoms with van der Waals surface area (Å²) in [4.78, 5) is 4.62. The summed E-state index contributed by atoms with van der Waals surface area (Å²) in [5, 5.41) is 6.56. The van der Waals surface area contributed by atoms with Gasteiger partial charge < -0.3 is 20.1 Å². The highest BCUT2D eigenvalue weighted by atomic mass is 16.5. The molecule has 2 N–H and O–H groups in total. The minimum absolute atomic E-state index is 0.630. The van der Waals surface area contributed by atoms with E-state index in [4.69, 9.17) is 9.47 Å². The lowest BCUT2D eigenvalue weighted by molar-refractivity contribution is 0.195. The molecule has 0 heterocycles. The number of nitrogens with one attached hydrogen (secondary N) is 2. The summed E-state index contributed by atoms with van der Waals surface area (Å²) in [5.41, 5.74) is 1.15. The monoisotopic (exact) mass is 321 g/mol. The smallest absolute Gasteiger partial charge is 0.191 e. The van der Waals surface area contributed by atoms with Crippen molar-refractivity contribution >= 4 is 5.96 Å². The normalized spacial score (nSPS) is 11.3. The third-order valence-corrected chi connectivity index (χ3v) is 3.25. The van der Waals surface area contributed by atoms with Gasteiger partial charge in [0.05, 0.1) is 13.2 Å². The van der Waals surface area contributed by atoms with E-state index in [1.54, 1.807) is 7.11 Å². The number of hydrogen-bond donors (Lipinski definition) is 2. The van der Waals surface area contributed by atoms with Crippen molar-refractivity contribution in [1.82, 2.24) is 10.6 Å². The van der Waals surface area contributed by atoms with Gasteiger partial charge in [0.15, 0.2) is 5.96 Å². The zero-order valence-electron chi connectivity index (χ0n) is 14.7. The van der Waals surface area contributed by atoms with Gasteiger partial charge in [0.2, 0.25) is 0 Å². The first-order chi connectivity index (χ1) is 11.3. The van der Waals surface area contributed by atoms with E-state index in [0.717, 1.165) is 62.8 Å². The molecule has 0 aromatic heterocycles. The third kappa shape index (κ3) is 9.08. The zero-order valence-corrected chi connectivity index (χ0v) is 14.7. The lowest BCUT2D eigenvalue weighted by Gasteiger charge is -2.11. The molecule has 23 heavy (non-hydrogen) atoms. The Balaban J connectivity index is 2.51. The first-order valence-corrected chi connectivity index (χ1v) is 8.53. The van der Waals surface area contributed by atoms with Crippen LogP contribution in [-0.4, -0.2) is 39.4 Å². The lowest BCUT2D eigenvalue weighted by atomic mass is 10.2. The maximum atomic E-state index is 5.74. The van der Waals surface area contributed by atoms with Crippen LogP contribution in [0.15, 0.2) is 29.3 Å². The minimum atomic E-state index is 0.630. The Morgan fingerprint density at radius 3 is 2.74 bits per heavy atom. The molecule has 0 aliphatic rings. The molecule has 0 bridgehead atoms. The fourth-order valence-corrected chi connectivity index (χ4v) is 2.00. The highest BCUT2D eigenvalue weighted by Crippen LogP contribution is 2.14. The van der Waals surface area contributed by atoms with E-state index < -0.39 is 0 Å². The Morgan fingerprint density at radius 1 is 1.13 bits per heavy atom. The summed E-state index contributed by atoms with van der Waals surface area (Å²) in [7, 11) is 1.72. The van der Waals surface area contributed by atoms with Crippen LogP contribution >= 0.6 is 0 Å². The Labute approximate surface area is 140 Å². The van der Waals surface area contributed by atoms with Crippen molar-refractivity contribution in [3.05, 3.63) is 29.8 Å². The Morgan fingerprint density at radius 2 is 2.00 bits per heavy atom. The molecule has 0 saturated heterocycles. The molecule has 0 radical (unpaired) electrons. The molecule has 0 amide bonds. The highest BCUT2D eigenvalue weighted by molar-refractivity contribution is 5.79. The van der Waals surface area contributed by atoms with Crippen LogP contribution in [0.1, 0.15) is 38.7 Å². The zero-order chi connectivity index (χ0) is 16.8. The van der Waals surface area contributed by atoms with Gasteiger partial charge in [-0.25, -0.2) is 4.99 Å². The minimum Gasteiger partial charge on any atom is -0.494 e. The molecule has 0 unspecified atom stereocenters. The molecule has 0 fully saturated rings. The van der Waals surface area contributed by atoms with E-state index in [0.29, 0.717) is 6.54 Å². The summed E-state index contributed by atoms with van der Waals surface area (Å²) < 4.78 is 10.8. The van der Waals surface area contributed by atoms with Crippen LogP contribution in [0.25, 0.3) is 0 Å². The Bertz CT molecular complexity index is 450. The number of methoxy groups -OCH3 is 1. The molecule has 0 atom stereocenters. The van der Waals surface area contributed by atoms with Crippen molar-refractivity contribution in [1.29, 1.82) is 0 Å². The molecule has 5 heteroatoms. The Hall–Kier alpha value is -1.75. The quantitative estimate of drug-likeness (QED) is 0.374. The summed E-state index contributed by atoms with van der Waals surface area (Å²) in [6.07, 6.45) is 3.19. The van der Waals surface area contributed by atoms with Crippen molar-refractivity contribution in [3.63, 3.8) is 0 Å². The molecule has 5 nitrogen and oxygen atoms in total. The van der Waals surface area contributed by atoms with E-state index >= 15 is 0 Å². The number of rotatable bonds is 11. The topological polar surface area (TPSA) is 54.9 Å². The van der Waals surface area contributed by atoms with Crippen molar-refractivity contribution in [3.8, 4) is 5.75 Å². The molecule has 0 spiro atoms. The molecule has 1 rings (SSSR count). The third-order valence-electron chi connectivity index (χ3n) is 3.25. The number of guanidine groups is 1. The van der Waals surface area contributed by atoms with Gasteiger partial charge in [0, 0.05) is 26.8 Å². The van der Waals surface area contributed by atoms with E-state index in [1.807, 2.05) is 12.1 Å². The fraction of sp³-hybridized carbons (Fsp3) is 0.611. The summed E-state index contributed by atoms with van der Waals surface area (Å²) in [6.45, 7) is 8.07. The number of aliphatic imine (C=N–C) groups is 1. The van der Waals surface area contributed by atoms with Gasteiger partial charge in [0.1, 0.15) is 5.75 Å². The van der Waals surface area contributed by atoms with Gasteiger partial charge in [-0.1, -0.05) is 25.5 Å². The number of ether oxygens (including phenoxy) is 2.